The SMILES string of the molecule is C=CCNC(=O)C(=O)C(CC1CC1)NC(=O)[C@@H]1C[C@@H](C(C)C)CN1C(=O)[C@@H](NC(=O)[C@@H](NS(=O)(=O)c1nccs1)C1(C)CCCCC1)C(C)(C)C. The van der Waals surface area contributed by atoms with E-state index in [0.717, 1.165) is 43.4 Å². The minimum absolute atomic E-state index is 0.0338. The van der Waals surface area contributed by atoms with E-state index in [9.17, 15) is 32.4 Å². The molecule has 5 atom stereocenters. The maximum Gasteiger partial charge on any atom is 0.289 e. The highest BCUT2D eigenvalue weighted by atomic mass is 32.2. The standard InChI is InChI=1S/C36H56N6O7S2/c1-8-16-37-31(45)27(43)25(19-23-12-13-23)39-30(44)26-20-24(22(2)3)21-42(26)33(47)29(35(4,5)6)40-32(46)28(36(7)14-10-9-11-15-36)41-51(48,49)34-38-17-18-50-34/h8,17-18,22-26,28-29,41H,1,9-16,19-21H2,2-7H3,(H,37,45)(H,39,44)(H,40,46)/t24-,25?,26+,28-,29-/m1/s1. The van der Waals surface area contributed by atoms with Gasteiger partial charge in [0.05, 0.1) is 6.04 Å². The van der Waals surface area contributed by atoms with E-state index in [2.05, 4.69) is 32.2 Å². The van der Waals surface area contributed by atoms with Gasteiger partial charge in [-0.15, -0.1) is 17.9 Å². The maximum atomic E-state index is 14.6. The third-order valence-corrected chi connectivity index (χ3v) is 13.3. The van der Waals surface area contributed by atoms with Crippen molar-refractivity contribution in [2.75, 3.05) is 13.1 Å². The van der Waals surface area contributed by atoms with Crippen molar-refractivity contribution in [1.29, 1.82) is 0 Å². The largest absolute Gasteiger partial charge is 0.346 e. The zero-order valence-electron chi connectivity index (χ0n) is 30.8. The molecular formula is C36H56N6O7S2. The molecule has 3 fully saturated rings. The molecule has 13 nitrogen and oxygen atoms in total. The Morgan fingerprint density at radius 3 is 2.31 bits per heavy atom. The fourth-order valence-corrected chi connectivity index (χ4v) is 9.37. The summed E-state index contributed by atoms with van der Waals surface area (Å²) in [5.41, 5.74) is -1.54. The highest BCUT2D eigenvalue weighted by Gasteiger charge is 2.49. The van der Waals surface area contributed by atoms with E-state index in [1.54, 1.807) is 5.38 Å². The minimum Gasteiger partial charge on any atom is -0.346 e. The van der Waals surface area contributed by atoms with E-state index in [4.69, 9.17) is 0 Å². The Kier molecular flexibility index (Phi) is 13.3. The lowest BCUT2D eigenvalue weighted by Gasteiger charge is -2.42. The summed E-state index contributed by atoms with van der Waals surface area (Å²) in [5, 5.41) is 9.80. The Hall–Kier alpha value is -3.17. The third-order valence-electron chi connectivity index (χ3n) is 10.7. The van der Waals surface area contributed by atoms with Crippen LogP contribution in [0.25, 0.3) is 0 Å². The molecule has 1 aliphatic heterocycles. The number of amides is 4. The third kappa shape index (κ3) is 10.2. The van der Waals surface area contributed by atoms with Crippen molar-refractivity contribution < 1.29 is 32.4 Å². The Balaban J connectivity index is 1.61. The Morgan fingerprint density at radius 2 is 1.76 bits per heavy atom. The molecule has 0 spiro atoms. The summed E-state index contributed by atoms with van der Waals surface area (Å²) in [4.78, 5) is 74.2. The minimum atomic E-state index is -4.14. The van der Waals surface area contributed by atoms with Crippen LogP contribution in [0.1, 0.15) is 99.3 Å². The van der Waals surface area contributed by atoms with E-state index in [0.29, 0.717) is 25.7 Å². The number of hydrogen-bond acceptors (Lipinski definition) is 9. The van der Waals surface area contributed by atoms with Gasteiger partial charge >= 0.3 is 0 Å². The molecular weight excluding hydrogens is 693 g/mol. The zero-order chi connectivity index (χ0) is 37.7. The first-order chi connectivity index (χ1) is 23.9. The van der Waals surface area contributed by atoms with Crippen molar-refractivity contribution in [2.45, 2.75) is 128 Å². The lowest BCUT2D eigenvalue weighted by molar-refractivity contribution is -0.145. The first kappa shape index (κ1) is 40.6. The highest BCUT2D eigenvalue weighted by Crippen LogP contribution is 2.40. The Labute approximate surface area is 306 Å². The van der Waals surface area contributed by atoms with Crippen LogP contribution >= 0.6 is 11.3 Å². The van der Waals surface area contributed by atoms with E-state index in [1.807, 2.05) is 41.5 Å². The summed E-state index contributed by atoms with van der Waals surface area (Å²) in [5.74, 6) is -2.83. The normalized spacial score (nSPS) is 22.5. The number of nitrogens with zero attached hydrogens (tertiary/aromatic N) is 2. The molecule has 2 aliphatic carbocycles. The van der Waals surface area contributed by atoms with Crippen LogP contribution < -0.4 is 20.7 Å². The smallest absolute Gasteiger partial charge is 0.289 e. The summed E-state index contributed by atoms with van der Waals surface area (Å²) in [7, 11) is -4.14. The predicted octanol–water partition coefficient (Wildman–Crippen LogP) is 3.32. The quantitative estimate of drug-likeness (QED) is 0.147. The number of Topliss-reactive ketones (excluding diaryl/α,β-unsaturated/α-hetero) is 1. The summed E-state index contributed by atoms with van der Waals surface area (Å²) in [6.45, 7) is 15.3. The van der Waals surface area contributed by atoms with Crippen LogP contribution in [0.5, 0.6) is 0 Å². The summed E-state index contributed by atoms with van der Waals surface area (Å²) in [6, 6.07) is -4.26. The molecule has 2 saturated carbocycles. The van der Waals surface area contributed by atoms with Gasteiger partial charge in [-0.1, -0.05) is 79.7 Å². The van der Waals surface area contributed by atoms with Crippen molar-refractivity contribution in [1.82, 2.24) is 30.6 Å². The number of nitrogens with one attached hydrogen (secondary N) is 4. The van der Waals surface area contributed by atoms with Crippen molar-refractivity contribution in [2.24, 2.45) is 28.6 Å². The molecule has 4 amide bonds. The predicted molar refractivity (Wildman–Crippen MR) is 195 cm³/mol. The first-order valence-corrected chi connectivity index (χ1v) is 20.5. The Morgan fingerprint density at radius 1 is 1.10 bits per heavy atom. The summed E-state index contributed by atoms with van der Waals surface area (Å²) >= 11 is 0.952. The molecule has 0 radical (unpaired) electrons. The molecule has 1 aromatic rings. The molecule has 51 heavy (non-hydrogen) atoms. The molecule has 4 rings (SSSR count). The van der Waals surface area contributed by atoms with Crippen LogP contribution in [0, 0.1) is 28.6 Å². The summed E-state index contributed by atoms with van der Waals surface area (Å²) in [6.07, 6.45) is 9.24. The second-order valence-electron chi connectivity index (χ2n) is 16.2. The first-order valence-electron chi connectivity index (χ1n) is 18.1. The van der Waals surface area contributed by atoms with Crippen LogP contribution in [0.2, 0.25) is 0 Å². The van der Waals surface area contributed by atoms with Gasteiger partial charge in [-0.25, -0.2) is 13.4 Å². The molecule has 3 aliphatic rings. The number of sulfonamides is 1. The molecule has 1 saturated heterocycles. The molecule has 1 aromatic heterocycles. The number of aromatic nitrogens is 1. The molecule has 1 unspecified atom stereocenters. The van der Waals surface area contributed by atoms with Crippen LogP contribution in [0.15, 0.2) is 28.6 Å². The van der Waals surface area contributed by atoms with Crippen molar-refractivity contribution in [3.8, 4) is 0 Å². The van der Waals surface area contributed by atoms with Gasteiger partial charge in [0, 0.05) is 24.7 Å². The lowest BCUT2D eigenvalue weighted by atomic mass is 9.70. The van der Waals surface area contributed by atoms with Gasteiger partial charge in [0.25, 0.3) is 15.9 Å². The van der Waals surface area contributed by atoms with Gasteiger partial charge < -0.3 is 20.9 Å². The fourth-order valence-electron chi connectivity index (χ4n) is 7.19. The van der Waals surface area contributed by atoms with Gasteiger partial charge in [0.2, 0.25) is 27.8 Å². The maximum absolute atomic E-state index is 14.6. The second kappa shape index (κ2) is 16.7. The summed E-state index contributed by atoms with van der Waals surface area (Å²) < 4.78 is 29.3. The molecule has 0 aromatic carbocycles. The number of likely N-dealkylation sites (tertiary alicyclic amines) is 1. The van der Waals surface area contributed by atoms with Gasteiger partial charge in [-0.3, -0.25) is 24.0 Å². The van der Waals surface area contributed by atoms with E-state index >= 15 is 0 Å². The van der Waals surface area contributed by atoms with Gasteiger partial charge in [0.1, 0.15) is 18.1 Å². The Bertz CT molecular complexity index is 1550. The number of thiazole rings is 1. The van der Waals surface area contributed by atoms with Crippen molar-refractivity contribution >= 4 is 50.8 Å². The van der Waals surface area contributed by atoms with Gasteiger partial charge in [0.15, 0.2) is 0 Å². The second-order valence-corrected chi connectivity index (χ2v) is 19.0. The molecule has 284 valence electrons. The molecule has 0 bridgehead atoms. The van der Waals surface area contributed by atoms with Crippen molar-refractivity contribution in [3.05, 3.63) is 24.2 Å². The van der Waals surface area contributed by atoms with Crippen LogP contribution in [0.3, 0.4) is 0 Å². The molecule has 2 heterocycles. The van der Waals surface area contributed by atoms with Gasteiger partial charge in [-0.2, -0.15) is 4.72 Å². The van der Waals surface area contributed by atoms with Gasteiger partial charge in [-0.05, 0) is 54.3 Å². The topological polar surface area (TPSA) is 184 Å². The zero-order valence-corrected chi connectivity index (χ0v) is 32.5. The van der Waals surface area contributed by atoms with E-state index in [1.165, 1.54) is 17.2 Å². The average Bonchev–Trinajstić information content (AvgIpc) is 3.50. The number of rotatable bonds is 16. The lowest BCUT2D eigenvalue weighted by Crippen LogP contribution is -2.63. The fraction of sp³-hybridized carbons (Fsp3) is 0.722. The van der Waals surface area contributed by atoms with E-state index < -0.39 is 74.4 Å². The van der Waals surface area contributed by atoms with E-state index in [-0.39, 0.29) is 35.2 Å². The highest BCUT2D eigenvalue weighted by molar-refractivity contribution is 7.91. The number of carbonyl (C=O) groups excluding carboxylic acids is 5. The van der Waals surface area contributed by atoms with Crippen LogP contribution in [-0.4, -0.2) is 85.0 Å². The number of hydrogen-bond donors (Lipinski definition) is 4. The number of carbonyl (C=O) groups is 5. The van der Waals surface area contributed by atoms with Crippen molar-refractivity contribution in [3.63, 3.8) is 0 Å². The molecule has 4 N–H and O–H groups in total. The molecule has 15 heteroatoms. The van der Waals surface area contributed by atoms with Crippen LogP contribution in [-0.2, 0) is 34.0 Å². The number of ketones is 1. The van der Waals surface area contributed by atoms with Crippen LogP contribution in [0.4, 0.5) is 0 Å². The monoisotopic (exact) mass is 748 g/mol. The average molecular weight is 749 g/mol.